The molecule has 0 fully saturated rings. The molecule has 0 aromatic heterocycles. The Morgan fingerprint density at radius 1 is 0.590 bits per heavy atom. The maximum absolute atomic E-state index is 12.7. The van der Waals surface area contributed by atoms with Gasteiger partial charge in [0.05, 0.1) is 11.8 Å². The molecule has 0 spiro atoms. The molecule has 2 N–H and O–H groups in total. The first-order valence-electron chi connectivity index (χ1n) is 10.5. The van der Waals surface area contributed by atoms with Crippen LogP contribution in [0.3, 0.4) is 0 Å². The summed E-state index contributed by atoms with van der Waals surface area (Å²) < 4.78 is 122. The van der Waals surface area contributed by atoms with E-state index >= 15 is 0 Å². The molecule has 0 saturated carbocycles. The van der Waals surface area contributed by atoms with Gasteiger partial charge in [-0.1, -0.05) is 13.8 Å². The number of hydrogen-bond acceptors (Lipinski definition) is 8. The van der Waals surface area contributed by atoms with Crippen LogP contribution >= 0.6 is 0 Å². The Morgan fingerprint density at radius 2 is 0.769 bits per heavy atom. The third-order valence-corrected chi connectivity index (χ3v) is 3.86. The standard InChI is InChI=1S/2C8H9F5O3.2C2H6O.Ti/c2*1-2-4(5(14)3-6(15)16)7(9,10)8(11,12)13;2*1-2-3;/h2*4H,2-3H2,1H3,(H,15,16);2*3H,2H2,1H3;/q;;;;+2/p-2. The van der Waals surface area contributed by atoms with Crippen molar-refractivity contribution in [3.63, 3.8) is 0 Å². The van der Waals surface area contributed by atoms with E-state index in [1.54, 1.807) is 13.8 Å². The summed E-state index contributed by atoms with van der Waals surface area (Å²) in [5.41, 5.74) is 0. The molecule has 0 amide bonds. The van der Waals surface area contributed by atoms with E-state index in [2.05, 4.69) is 0 Å². The van der Waals surface area contributed by atoms with E-state index in [9.17, 15) is 73.3 Å². The van der Waals surface area contributed by atoms with E-state index < -0.39 is 85.2 Å². The van der Waals surface area contributed by atoms with Crippen LogP contribution in [-0.2, 0) is 40.9 Å². The van der Waals surface area contributed by atoms with Crippen molar-refractivity contribution < 1.29 is 105 Å². The maximum Gasteiger partial charge on any atom is 2.00 e. The van der Waals surface area contributed by atoms with Gasteiger partial charge in [0.25, 0.3) is 0 Å². The van der Waals surface area contributed by atoms with Crippen molar-refractivity contribution in [2.75, 3.05) is 13.2 Å². The van der Waals surface area contributed by atoms with Crippen LogP contribution in [0.2, 0.25) is 0 Å². The number of halogens is 10. The second kappa shape index (κ2) is 21.0. The van der Waals surface area contributed by atoms with Gasteiger partial charge in [0.1, 0.15) is 11.6 Å². The second-order valence-electron chi connectivity index (χ2n) is 6.83. The Labute approximate surface area is 231 Å². The Balaban J connectivity index is -0.000000160. The summed E-state index contributed by atoms with van der Waals surface area (Å²) in [7, 11) is 0. The molecule has 230 valence electrons. The molecule has 39 heavy (non-hydrogen) atoms. The van der Waals surface area contributed by atoms with Crippen molar-refractivity contribution in [1.82, 2.24) is 0 Å². The van der Waals surface area contributed by atoms with Gasteiger partial charge >= 0.3 is 45.9 Å². The van der Waals surface area contributed by atoms with Crippen LogP contribution in [0.15, 0.2) is 0 Å². The third kappa shape index (κ3) is 18.2. The Kier molecular flexibility index (Phi) is 25.4. The van der Waals surface area contributed by atoms with Crippen LogP contribution in [0.1, 0.15) is 53.4 Å². The first-order valence-corrected chi connectivity index (χ1v) is 10.5. The largest absolute Gasteiger partial charge is 2.00 e. The molecule has 8 nitrogen and oxygen atoms in total. The summed E-state index contributed by atoms with van der Waals surface area (Å²) in [6, 6.07) is 0. The van der Waals surface area contributed by atoms with Crippen LogP contribution in [-0.4, -0.2) is 71.1 Å². The van der Waals surface area contributed by atoms with Gasteiger partial charge < -0.3 is 30.0 Å². The zero-order chi connectivity index (χ0) is 31.7. The van der Waals surface area contributed by atoms with Gasteiger partial charge in [0.2, 0.25) is 0 Å². The van der Waals surface area contributed by atoms with Gasteiger partial charge in [-0.2, -0.15) is 43.9 Å². The van der Waals surface area contributed by atoms with Gasteiger partial charge in [-0.25, -0.2) is 0 Å². The molecule has 0 aliphatic rings. The number of ketones is 2. The number of aliphatic hydroxyl groups is 2. The fraction of sp³-hybridized carbons (Fsp3) is 0.800. The van der Waals surface area contributed by atoms with Crippen molar-refractivity contribution in [3.05, 3.63) is 0 Å². The number of carbonyl (C=O) groups excluding carboxylic acids is 4. The maximum atomic E-state index is 12.7. The molecule has 19 heteroatoms. The summed E-state index contributed by atoms with van der Waals surface area (Å²) in [5.74, 6) is -23.2. The van der Waals surface area contributed by atoms with Crippen LogP contribution < -0.4 is 10.2 Å². The van der Waals surface area contributed by atoms with E-state index in [4.69, 9.17) is 10.2 Å². The van der Waals surface area contributed by atoms with Gasteiger partial charge in [-0.05, 0) is 26.7 Å². The van der Waals surface area contributed by atoms with Crippen molar-refractivity contribution in [2.45, 2.75) is 77.6 Å². The number of alkyl halides is 10. The van der Waals surface area contributed by atoms with Crippen molar-refractivity contribution in [1.29, 1.82) is 0 Å². The van der Waals surface area contributed by atoms with Crippen molar-refractivity contribution in [2.24, 2.45) is 11.8 Å². The topological polar surface area (TPSA) is 155 Å². The quantitative estimate of drug-likeness (QED) is 0.210. The van der Waals surface area contributed by atoms with Gasteiger partial charge in [0, 0.05) is 38.0 Å². The molecule has 2 atom stereocenters. The molecular weight excluding hydrogens is 606 g/mol. The average Bonchev–Trinajstić information content (AvgIpc) is 2.67. The number of hydrogen-bond donors (Lipinski definition) is 2. The molecule has 0 aliphatic carbocycles. The summed E-state index contributed by atoms with van der Waals surface area (Å²) in [6.45, 7) is 5.75. The number of carbonyl (C=O) groups is 4. The minimum Gasteiger partial charge on any atom is -0.550 e. The molecule has 0 aromatic rings. The zero-order valence-corrected chi connectivity index (χ0v) is 22.6. The Hall–Kier alpha value is -1.79. The van der Waals surface area contributed by atoms with E-state index in [0.717, 1.165) is 13.8 Å². The van der Waals surface area contributed by atoms with Crippen LogP contribution in [0, 0.1) is 11.8 Å². The minimum absolute atomic E-state index is 0. The van der Waals surface area contributed by atoms with Crippen LogP contribution in [0.25, 0.3) is 0 Å². The van der Waals surface area contributed by atoms with E-state index in [1.807, 2.05) is 0 Å². The smallest absolute Gasteiger partial charge is 0.550 e. The summed E-state index contributed by atoms with van der Waals surface area (Å²) in [6.07, 6.45) is -16.3. The molecule has 0 heterocycles. The fourth-order valence-corrected chi connectivity index (χ4v) is 2.30. The first kappa shape index (κ1) is 47.0. The third-order valence-electron chi connectivity index (χ3n) is 3.86. The number of carboxylic acid groups (broad SMARTS) is 2. The number of Topliss-reactive ketones (excluding diaryl/α,β-unsaturated/α-hetero) is 2. The van der Waals surface area contributed by atoms with Crippen molar-refractivity contribution >= 4 is 23.5 Å². The Bertz CT molecular complexity index is 668. The molecule has 0 bridgehead atoms. The van der Waals surface area contributed by atoms with Gasteiger partial charge in [-0.3, -0.25) is 9.59 Å². The molecule has 0 saturated heterocycles. The SMILES string of the molecule is CCC(C(=O)CC(=O)[O-])C(F)(F)C(F)(F)F.CCC(C(=O)CC(=O)[O-])C(F)(F)C(F)(F)F.CCO.CCO.[Ti+2]. The summed E-state index contributed by atoms with van der Waals surface area (Å²) in [4.78, 5) is 41.7. The minimum atomic E-state index is -5.88. The molecule has 0 aliphatic heterocycles. The summed E-state index contributed by atoms with van der Waals surface area (Å²) >= 11 is 0. The monoisotopic (exact) mass is 634 g/mol. The molecule has 0 radical (unpaired) electrons. The van der Waals surface area contributed by atoms with E-state index in [0.29, 0.717) is 0 Å². The predicted octanol–water partition coefficient (Wildman–Crippen LogP) is 1.83. The number of rotatable bonds is 10. The van der Waals surface area contributed by atoms with Gasteiger partial charge in [0.15, 0.2) is 0 Å². The zero-order valence-electron chi connectivity index (χ0n) is 21.0. The number of carboxylic acids is 2. The van der Waals surface area contributed by atoms with Crippen molar-refractivity contribution in [3.8, 4) is 0 Å². The normalized spacial score (nSPS) is 12.9. The first-order chi connectivity index (χ1) is 16.9. The molecule has 0 rings (SSSR count). The Morgan fingerprint density at radius 3 is 0.872 bits per heavy atom. The fourth-order valence-electron chi connectivity index (χ4n) is 2.30. The van der Waals surface area contributed by atoms with E-state index in [1.165, 1.54) is 0 Å². The molecule has 0 aromatic carbocycles. The average molecular weight is 634 g/mol. The molecule has 2 unspecified atom stereocenters. The second-order valence-corrected chi connectivity index (χ2v) is 6.83. The van der Waals surface area contributed by atoms with Crippen LogP contribution in [0.4, 0.5) is 43.9 Å². The number of aliphatic hydroxyl groups excluding tert-OH is 2. The molecular formula is C20H28F10O8Ti. The predicted molar refractivity (Wildman–Crippen MR) is 104 cm³/mol. The van der Waals surface area contributed by atoms with Crippen LogP contribution in [0.5, 0.6) is 0 Å². The van der Waals surface area contributed by atoms with Gasteiger partial charge in [-0.15, -0.1) is 0 Å². The summed E-state index contributed by atoms with van der Waals surface area (Å²) in [5, 5.41) is 35.0. The number of aliphatic carboxylic acids is 2. The van der Waals surface area contributed by atoms with E-state index in [-0.39, 0.29) is 34.9 Å².